The third-order valence-electron chi connectivity index (χ3n) is 5.98. The molecule has 2 aromatic rings. The minimum Gasteiger partial charge on any atom is -0.396 e. The quantitative estimate of drug-likeness (QED) is 0.759. The Balaban J connectivity index is 1.62. The molecule has 3 heterocycles. The number of nitriles is 1. The fourth-order valence-electron chi connectivity index (χ4n) is 4.28. The lowest BCUT2D eigenvalue weighted by Gasteiger charge is -2.33. The van der Waals surface area contributed by atoms with Crippen LogP contribution in [0.15, 0.2) is 18.2 Å². The number of halogens is 3. The Morgan fingerprint density at radius 3 is 2.94 bits per heavy atom. The summed E-state index contributed by atoms with van der Waals surface area (Å²) in [6, 6.07) is 4.53. The molecule has 164 valence electrons. The van der Waals surface area contributed by atoms with E-state index in [2.05, 4.69) is 10.4 Å². The predicted octanol–water partition coefficient (Wildman–Crippen LogP) is 3.37. The smallest absolute Gasteiger partial charge is 0.322 e. The Hall–Kier alpha value is -3.06. The first-order valence-corrected chi connectivity index (χ1v) is 10.1. The molecule has 7 nitrogen and oxygen atoms in total. The minimum absolute atomic E-state index is 0.0383. The van der Waals surface area contributed by atoms with Crippen LogP contribution in [0.5, 0.6) is 0 Å². The zero-order valence-electron chi connectivity index (χ0n) is 16.9. The van der Waals surface area contributed by atoms with Crippen molar-refractivity contribution in [1.82, 2.24) is 14.7 Å². The number of aliphatic hydroxyl groups is 1. The number of anilines is 1. The number of nitrogens with zero attached hydrogens (tertiary/aromatic N) is 4. The van der Waals surface area contributed by atoms with E-state index in [0.29, 0.717) is 17.7 Å². The Labute approximate surface area is 177 Å². The number of urea groups is 1. The van der Waals surface area contributed by atoms with Crippen LogP contribution in [0.1, 0.15) is 42.3 Å². The molecule has 1 aromatic carbocycles. The number of aromatic nitrogens is 2. The van der Waals surface area contributed by atoms with E-state index < -0.39 is 17.8 Å². The van der Waals surface area contributed by atoms with E-state index in [0.717, 1.165) is 6.07 Å². The molecule has 0 saturated heterocycles. The van der Waals surface area contributed by atoms with Crippen molar-refractivity contribution in [2.75, 3.05) is 11.9 Å². The molecular formula is C21H22F3N5O2. The fourth-order valence-corrected chi connectivity index (χ4v) is 4.28. The van der Waals surface area contributed by atoms with Crippen molar-refractivity contribution in [3.63, 3.8) is 0 Å². The molecule has 1 aromatic heterocycles. The van der Waals surface area contributed by atoms with Gasteiger partial charge in [0, 0.05) is 49.2 Å². The standard InChI is InChI=1S/C21H22F3N5O2/c1-12-6-18-16(19-21(23,24)5-4-13(11-30)9-29(19)27-18)10-28(12)20(31)26-15-2-3-17(22)14(7-15)8-25/h2-3,7,12-13,30H,4-6,9-11H2,1H3,(H,26,31)/t12-,13?/m1/s1. The molecule has 0 radical (unpaired) electrons. The molecule has 4 rings (SSSR count). The first-order chi connectivity index (χ1) is 14.7. The summed E-state index contributed by atoms with van der Waals surface area (Å²) in [5.74, 6) is -4.09. The van der Waals surface area contributed by atoms with Gasteiger partial charge in [0.05, 0.1) is 17.8 Å². The van der Waals surface area contributed by atoms with E-state index in [1.54, 1.807) is 13.0 Å². The highest BCUT2D eigenvalue weighted by Gasteiger charge is 2.44. The van der Waals surface area contributed by atoms with Gasteiger partial charge in [-0.15, -0.1) is 0 Å². The maximum Gasteiger partial charge on any atom is 0.322 e. The van der Waals surface area contributed by atoms with Crippen LogP contribution in [-0.4, -0.2) is 38.5 Å². The van der Waals surface area contributed by atoms with Gasteiger partial charge in [-0.05, 0) is 31.5 Å². The van der Waals surface area contributed by atoms with Crippen LogP contribution >= 0.6 is 0 Å². The molecule has 2 aliphatic heterocycles. The number of aliphatic hydroxyl groups excluding tert-OH is 1. The zero-order chi connectivity index (χ0) is 22.3. The minimum atomic E-state index is -3.11. The molecule has 0 bridgehead atoms. The number of hydrogen-bond donors (Lipinski definition) is 2. The molecule has 0 aliphatic carbocycles. The second-order valence-electron chi connectivity index (χ2n) is 8.17. The highest BCUT2D eigenvalue weighted by atomic mass is 19.3. The summed E-state index contributed by atoms with van der Waals surface area (Å²) in [5.41, 5.74) is 0.737. The summed E-state index contributed by atoms with van der Waals surface area (Å²) in [7, 11) is 0. The predicted molar refractivity (Wildman–Crippen MR) is 105 cm³/mol. The Morgan fingerprint density at radius 2 is 2.23 bits per heavy atom. The first kappa shape index (κ1) is 21.2. The summed E-state index contributed by atoms with van der Waals surface area (Å²) in [4.78, 5) is 14.3. The van der Waals surface area contributed by atoms with Crippen molar-refractivity contribution < 1.29 is 23.1 Å². The molecule has 2 N–H and O–H groups in total. The van der Waals surface area contributed by atoms with E-state index in [9.17, 15) is 23.1 Å². The summed E-state index contributed by atoms with van der Waals surface area (Å²) < 4.78 is 44.7. The van der Waals surface area contributed by atoms with Crippen molar-refractivity contribution in [2.45, 2.75) is 51.2 Å². The molecule has 2 aliphatic rings. The normalized spacial score (nSPS) is 22.1. The third-order valence-corrected chi connectivity index (χ3v) is 5.98. The molecule has 0 spiro atoms. The summed E-state index contributed by atoms with van der Waals surface area (Å²) in [5, 5.41) is 25.5. The number of fused-ring (bicyclic) bond motifs is 3. The van der Waals surface area contributed by atoms with Gasteiger partial charge in [0.1, 0.15) is 17.6 Å². The fraction of sp³-hybridized carbons (Fsp3) is 0.476. The van der Waals surface area contributed by atoms with E-state index in [4.69, 9.17) is 5.26 Å². The van der Waals surface area contributed by atoms with Gasteiger partial charge in [0.2, 0.25) is 0 Å². The summed E-state index contributed by atoms with van der Waals surface area (Å²) in [6.45, 7) is 1.78. The van der Waals surface area contributed by atoms with Crippen LogP contribution < -0.4 is 5.32 Å². The number of nitrogens with one attached hydrogen (secondary N) is 1. The van der Waals surface area contributed by atoms with Gasteiger partial charge in [0.25, 0.3) is 5.92 Å². The average molecular weight is 433 g/mol. The topological polar surface area (TPSA) is 94.2 Å². The lowest BCUT2D eigenvalue weighted by molar-refractivity contribution is -0.0227. The molecule has 0 saturated carbocycles. The largest absolute Gasteiger partial charge is 0.396 e. The SMILES string of the molecule is C[C@@H]1Cc2nn3c(c2CN1C(=O)Nc1ccc(F)c(C#N)c1)C(F)(F)CCC(CO)C3. The van der Waals surface area contributed by atoms with Gasteiger partial charge in [-0.3, -0.25) is 4.68 Å². The van der Waals surface area contributed by atoms with Crippen LogP contribution in [0, 0.1) is 23.1 Å². The number of carbonyl (C=O) groups excluding carboxylic acids is 1. The maximum atomic E-state index is 15.0. The molecule has 1 unspecified atom stereocenters. The van der Waals surface area contributed by atoms with Gasteiger partial charge < -0.3 is 15.3 Å². The van der Waals surface area contributed by atoms with E-state index in [-0.39, 0.29) is 61.4 Å². The Morgan fingerprint density at radius 1 is 1.45 bits per heavy atom. The first-order valence-electron chi connectivity index (χ1n) is 10.1. The zero-order valence-corrected chi connectivity index (χ0v) is 16.9. The van der Waals surface area contributed by atoms with E-state index in [1.165, 1.54) is 21.7 Å². The second-order valence-corrected chi connectivity index (χ2v) is 8.17. The molecule has 31 heavy (non-hydrogen) atoms. The average Bonchev–Trinajstić information content (AvgIpc) is 3.02. The van der Waals surface area contributed by atoms with Crippen molar-refractivity contribution >= 4 is 11.7 Å². The summed E-state index contributed by atoms with van der Waals surface area (Å²) >= 11 is 0. The van der Waals surface area contributed by atoms with Gasteiger partial charge in [-0.1, -0.05) is 0 Å². The highest BCUT2D eigenvalue weighted by molar-refractivity contribution is 5.90. The van der Waals surface area contributed by atoms with Gasteiger partial charge >= 0.3 is 6.03 Å². The Bertz CT molecular complexity index is 1060. The van der Waals surface area contributed by atoms with Gasteiger partial charge in [0.15, 0.2) is 0 Å². The maximum absolute atomic E-state index is 15.0. The lowest BCUT2D eigenvalue weighted by atomic mass is 9.96. The van der Waals surface area contributed by atoms with Gasteiger partial charge in [-0.25, -0.2) is 9.18 Å². The lowest BCUT2D eigenvalue weighted by Crippen LogP contribution is -2.45. The van der Waals surface area contributed by atoms with Gasteiger partial charge in [-0.2, -0.15) is 19.1 Å². The van der Waals surface area contributed by atoms with Crippen molar-refractivity contribution in [3.8, 4) is 6.07 Å². The number of alkyl halides is 2. The molecular weight excluding hydrogens is 411 g/mol. The van der Waals surface area contributed by atoms with E-state index >= 15 is 0 Å². The monoisotopic (exact) mass is 433 g/mol. The molecule has 2 atom stereocenters. The number of carbonyl (C=O) groups is 1. The highest BCUT2D eigenvalue weighted by Crippen LogP contribution is 2.42. The van der Waals surface area contributed by atoms with E-state index in [1.807, 2.05) is 0 Å². The number of hydrogen-bond acceptors (Lipinski definition) is 4. The number of rotatable bonds is 2. The van der Waals surface area contributed by atoms with Crippen molar-refractivity contribution in [1.29, 1.82) is 5.26 Å². The van der Waals surface area contributed by atoms with Crippen LogP contribution in [0.25, 0.3) is 0 Å². The Kier molecular flexibility index (Phi) is 5.39. The summed E-state index contributed by atoms with van der Waals surface area (Å²) in [6.07, 6.45) is 0.119. The number of benzene rings is 1. The van der Waals surface area contributed by atoms with Crippen LogP contribution in [0.3, 0.4) is 0 Å². The number of amides is 2. The molecule has 2 amide bonds. The molecule has 0 fully saturated rings. The third kappa shape index (κ3) is 3.85. The van der Waals surface area contributed by atoms with Crippen LogP contribution in [-0.2, 0) is 25.4 Å². The van der Waals surface area contributed by atoms with Crippen LogP contribution in [0.4, 0.5) is 23.7 Å². The van der Waals surface area contributed by atoms with Crippen LogP contribution in [0.2, 0.25) is 0 Å². The van der Waals surface area contributed by atoms with Crippen molar-refractivity contribution in [3.05, 3.63) is 46.5 Å². The molecule has 10 heteroatoms. The van der Waals surface area contributed by atoms with Crippen molar-refractivity contribution in [2.24, 2.45) is 5.92 Å². The second kappa shape index (κ2) is 7.89.